The largest absolute Gasteiger partial charge is 0.329 e. The molecule has 0 aromatic rings. The molecule has 0 radical (unpaired) electrons. The fourth-order valence-electron chi connectivity index (χ4n) is 3.27. The van der Waals surface area contributed by atoms with E-state index in [-0.39, 0.29) is 0 Å². The molecule has 0 bridgehead atoms. The third-order valence-corrected chi connectivity index (χ3v) is 4.36. The maximum Gasteiger partial charge on any atom is 0.0331 e. The Balaban J connectivity index is 2.45. The minimum Gasteiger partial charge on any atom is -0.329 e. The lowest BCUT2D eigenvalue weighted by atomic mass is 9.94. The van der Waals surface area contributed by atoms with Gasteiger partial charge >= 0.3 is 0 Å². The van der Waals surface area contributed by atoms with E-state index in [1.54, 1.807) is 0 Å². The van der Waals surface area contributed by atoms with Crippen LogP contribution in [0.3, 0.4) is 0 Å². The van der Waals surface area contributed by atoms with Crippen molar-refractivity contribution in [2.45, 2.75) is 77.2 Å². The number of rotatable bonds is 9. The summed E-state index contributed by atoms with van der Waals surface area (Å²) >= 11 is 0. The molecule has 0 saturated heterocycles. The molecular formula is C15H32N2. The molecule has 1 aliphatic carbocycles. The van der Waals surface area contributed by atoms with Crippen molar-refractivity contribution in [3.05, 3.63) is 0 Å². The maximum atomic E-state index is 6.09. The molecular weight excluding hydrogens is 208 g/mol. The molecule has 1 saturated carbocycles. The highest BCUT2D eigenvalue weighted by molar-refractivity contribution is 4.95. The monoisotopic (exact) mass is 240 g/mol. The van der Waals surface area contributed by atoms with E-state index >= 15 is 0 Å². The Labute approximate surface area is 108 Å². The van der Waals surface area contributed by atoms with Crippen molar-refractivity contribution >= 4 is 0 Å². The summed E-state index contributed by atoms with van der Waals surface area (Å²) in [5, 5.41) is 0. The molecule has 0 spiro atoms. The second-order valence-corrected chi connectivity index (χ2v) is 5.68. The van der Waals surface area contributed by atoms with Crippen LogP contribution in [0.1, 0.15) is 71.6 Å². The number of nitrogens with two attached hydrogens (primary N) is 1. The first-order valence-corrected chi connectivity index (χ1v) is 7.74. The average Bonchev–Trinajstić information content (AvgIpc) is 2.83. The van der Waals surface area contributed by atoms with Gasteiger partial charge in [-0.3, -0.25) is 4.90 Å². The van der Waals surface area contributed by atoms with E-state index in [0.717, 1.165) is 6.54 Å². The zero-order valence-electron chi connectivity index (χ0n) is 12.0. The number of hydrogen-bond donors (Lipinski definition) is 1. The Morgan fingerprint density at radius 3 is 2.18 bits per heavy atom. The van der Waals surface area contributed by atoms with E-state index in [4.69, 9.17) is 5.73 Å². The fraction of sp³-hybridized carbons (Fsp3) is 1.00. The van der Waals surface area contributed by atoms with Gasteiger partial charge in [0.1, 0.15) is 0 Å². The van der Waals surface area contributed by atoms with Crippen LogP contribution in [0.2, 0.25) is 0 Å². The van der Waals surface area contributed by atoms with E-state index in [9.17, 15) is 0 Å². The summed E-state index contributed by atoms with van der Waals surface area (Å²) in [5.74, 6) is 0. The van der Waals surface area contributed by atoms with Gasteiger partial charge in [-0.2, -0.15) is 0 Å². The Bertz CT molecular complexity index is 185. The first-order valence-electron chi connectivity index (χ1n) is 7.74. The van der Waals surface area contributed by atoms with Crippen LogP contribution >= 0.6 is 0 Å². The molecule has 0 amide bonds. The van der Waals surface area contributed by atoms with Gasteiger partial charge < -0.3 is 5.73 Å². The molecule has 0 aliphatic heterocycles. The Morgan fingerprint density at radius 1 is 0.941 bits per heavy atom. The summed E-state index contributed by atoms with van der Waals surface area (Å²) in [6, 6.07) is 0. The number of hydrogen-bond acceptors (Lipinski definition) is 2. The zero-order chi connectivity index (χ0) is 12.6. The summed E-state index contributed by atoms with van der Waals surface area (Å²) in [7, 11) is 0. The van der Waals surface area contributed by atoms with Gasteiger partial charge in [0.05, 0.1) is 0 Å². The summed E-state index contributed by atoms with van der Waals surface area (Å²) in [4.78, 5) is 2.72. The summed E-state index contributed by atoms with van der Waals surface area (Å²) in [5.41, 5.74) is 6.45. The third kappa shape index (κ3) is 4.26. The zero-order valence-corrected chi connectivity index (χ0v) is 12.0. The second-order valence-electron chi connectivity index (χ2n) is 5.68. The van der Waals surface area contributed by atoms with Crippen LogP contribution in [0.25, 0.3) is 0 Å². The molecule has 102 valence electrons. The quantitative estimate of drug-likeness (QED) is 0.625. The number of nitrogens with zero attached hydrogens (tertiary/aromatic N) is 1. The van der Waals surface area contributed by atoms with E-state index in [2.05, 4.69) is 18.7 Å². The van der Waals surface area contributed by atoms with Crippen molar-refractivity contribution in [3.63, 3.8) is 0 Å². The van der Waals surface area contributed by atoms with Gasteiger partial charge in [0.25, 0.3) is 0 Å². The molecule has 1 aliphatic rings. The standard InChI is InChI=1S/C15H32N2/c1-3-5-6-9-13-17(12-4-2)15(14-16)10-7-8-11-15/h3-14,16H2,1-2H3. The number of unbranched alkanes of at least 4 members (excludes halogenated alkanes) is 3. The molecule has 2 nitrogen and oxygen atoms in total. The molecule has 1 fully saturated rings. The van der Waals surface area contributed by atoms with E-state index in [0.29, 0.717) is 5.54 Å². The van der Waals surface area contributed by atoms with E-state index in [1.807, 2.05) is 0 Å². The first kappa shape index (κ1) is 15.0. The Kier molecular flexibility index (Phi) is 7.14. The van der Waals surface area contributed by atoms with Crippen LogP contribution < -0.4 is 5.73 Å². The van der Waals surface area contributed by atoms with Gasteiger partial charge in [0, 0.05) is 12.1 Å². The SMILES string of the molecule is CCCCCCN(CCC)C1(CN)CCCC1. The lowest BCUT2D eigenvalue weighted by Crippen LogP contribution is -2.52. The van der Waals surface area contributed by atoms with Crippen molar-refractivity contribution in [2.24, 2.45) is 5.73 Å². The third-order valence-electron chi connectivity index (χ3n) is 4.36. The normalized spacial score (nSPS) is 19.1. The van der Waals surface area contributed by atoms with Crippen molar-refractivity contribution < 1.29 is 0 Å². The summed E-state index contributed by atoms with van der Waals surface area (Å²) < 4.78 is 0. The van der Waals surface area contributed by atoms with Crippen LogP contribution in [-0.4, -0.2) is 30.1 Å². The van der Waals surface area contributed by atoms with Crippen molar-refractivity contribution in [2.75, 3.05) is 19.6 Å². The summed E-state index contributed by atoms with van der Waals surface area (Å²) in [6.45, 7) is 7.94. The highest BCUT2D eigenvalue weighted by Gasteiger charge is 2.37. The lowest BCUT2D eigenvalue weighted by molar-refractivity contribution is 0.0963. The van der Waals surface area contributed by atoms with Crippen molar-refractivity contribution in [1.82, 2.24) is 4.90 Å². The van der Waals surface area contributed by atoms with Crippen molar-refractivity contribution in [3.8, 4) is 0 Å². The molecule has 1 rings (SSSR count). The van der Waals surface area contributed by atoms with Gasteiger partial charge in [-0.15, -0.1) is 0 Å². The maximum absolute atomic E-state index is 6.09. The molecule has 0 heterocycles. The Morgan fingerprint density at radius 2 is 1.65 bits per heavy atom. The van der Waals surface area contributed by atoms with Crippen LogP contribution in [0.4, 0.5) is 0 Å². The highest BCUT2D eigenvalue weighted by atomic mass is 15.2. The van der Waals surface area contributed by atoms with E-state index < -0.39 is 0 Å². The first-order chi connectivity index (χ1) is 8.29. The van der Waals surface area contributed by atoms with Crippen molar-refractivity contribution in [1.29, 1.82) is 0 Å². The molecule has 2 heteroatoms. The van der Waals surface area contributed by atoms with Crippen LogP contribution in [0, 0.1) is 0 Å². The van der Waals surface area contributed by atoms with Crippen LogP contribution in [0.15, 0.2) is 0 Å². The minimum atomic E-state index is 0.363. The average molecular weight is 240 g/mol. The van der Waals surface area contributed by atoms with Gasteiger partial charge in [-0.1, -0.05) is 46.0 Å². The molecule has 17 heavy (non-hydrogen) atoms. The van der Waals surface area contributed by atoms with Gasteiger partial charge in [-0.05, 0) is 38.8 Å². The van der Waals surface area contributed by atoms with Gasteiger partial charge in [0.2, 0.25) is 0 Å². The molecule has 0 unspecified atom stereocenters. The molecule has 0 aromatic carbocycles. The predicted octanol–water partition coefficient (Wildman–Crippen LogP) is 3.55. The molecule has 0 aromatic heterocycles. The lowest BCUT2D eigenvalue weighted by Gasteiger charge is -2.41. The minimum absolute atomic E-state index is 0.363. The molecule has 0 atom stereocenters. The fourth-order valence-corrected chi connectivity index (χ4v) is 3.27. The summed E-state index contributed by atoms with van der Waals surface area (Å²) in [6.07, 6.45) is 12.1. The van der Waals surface area contributed by atoms with Gasteiger partial charge in [-0.25, -0.2) is 0 Å². The predicted molar refractivity (Wildman–Crippen MR) is 76.3 cm³/mol. The van der Waals surface area contributed by atoms with E-state index in [1.165, 1.54) is 70.9 Å². The van der Waals surface area contributed by atoms with Crippen LogP contribution in [0.5, 0.6) is 0 Å². The highest BCUT2D eigenvalue weighted by Crippen LogP contribution is 2.34. The Hall–Kier alpha value is -0.0800. The smallest absolute Gasteiger partial charge is 0.0331 e. The van der Waals surface area contributed by atoms with Gasteiger partial charge in [0.15, 0.2) is 0 Å². The molecule has 2 N–H and O–H groups in total. The van der Waals surface area contributed by atoms with Crippen LogP contribution in [-0.2, 0) is 0 Å². The second kappa shape index (κ2) is 8.10. The topological polar surface area (TPSA) is 29.3 Å².